The Morgan fingerprint density at radius 1 is 1.12 bits per heavy atom. The van der Waals surface area contributed by atoms with E-state index in [1.165, 1.54) is 29.1 Å². The van der Waals surface area contributed by atoms with E-state index in [0.717, 1.165) is 21.3 Å². The fourth-order valence-corrected chi connectivity index (χ4v) is 4.29. The number of rotatable bonds is 6. The van der Waals surface area contributed by atoms with E-state index in [1.54, 1.807) is 11.8 Å². The number of hydrogen-bond donors (Lipinski definition) is 1. The first-order valence-corrected chi connectivity index (χ1v) is 10.5. The van der Waals surface area contributed by atoms with Crippen LogP contribution < -0.4 is 5.32 Å². The van der Waals surface area contributed by atoms with Gasteiger partial charge in [-0.2, -0.15) is 0 Å². The van der Waals surface area contributed by atoms with Crippen molar-refractivity contribution in [3.8, 4) is 0 Å². The second-order valence-corrected chi connectivity index (χ2v) is 8.61. The predicted molar refractivity (Wildman–Crippen MR) is 107 cm³/mol. The summed E-state index contributed by atoms with van der Waals surface area (Å²) in [5.74, 6) is 1.24. The van der Waals surface area contributed by atoms with E-state index in [4.69, 9.17) is 11.6 Å². The Bertz CT molecular complexity index is 905. The number of halogens is 1. The summed E-state index contributed by atoms with van der Waals surface area (Å²) in [4.78, 5) is 13.5. The molecule has 1 fully saturated rings. The number of thioether (sulfide) groups is 1. The number of carbonyl (C=O) groups is 1. The van der Waals surface area contributed by atoms with Gasteiger partial charge in [-0.25, -0.2) is 0 Å². The summed E-state index contributed by atoms with van der Waals surface area (Å²) in [5, 5.41) is 13.4. The third-order valence-corrected chi connectivity index (χ3v) is 6.36. The van der Waals surface area contributed by atoms with Crippen molar-refractivity contribution in [2.24, 2.45) is 0 Å². The predicted octanol–water partition coefficient (Wildman–Crippen LogP) is 5.61. The molecule has 4 rings (SSSR count). The molecular weight excluding hydrogens is 386 g/mol. The van der Waals surface area contributed by atoms with Crippen molar-refractivity contribution in [2.75, 3.05) is 5.32 Å². The lowest BCUT2D eigenvalue weighted by Gasteiger charge is -2.05. The molecule has 3 aromatic rings. The summed E-state index contributed by atoms with van der Waals surface area (Å²) in [6.45, 7) is 0. The van der Waals surface area contributed by atoms with E-state index in [0.29, 0.717) is 16.6 Å². The van der Waals surface area contributed by atoms with Crippen LogP contribution in [0.2, 0.25) is 5.02 Å². The lowest BCUT2D eigenvalue weighted by Crippen LogP contribution is -2.11. The Kier molecular flexibility index (Phi) is 5.24. The molecule has 1 amide bonds. The number of nitrogens with zero attached hydrogens (tertiary/aromatic N) is 2. The van der Waals surface area contributed by atoms with Crippen LogP contribution in [0.3, 0.4) is 0 Å². The third kappa shape index (κ3) is 4.44. The molecule has 0 bridgehead atoms. The van der Waals surface area contributed by atoms with E-state index in [1.807, 2.05) is 48.5 Å². The summed E-state index contributed by atoms with van der Waals surface area (Å²) in [5.41, 5.74) is 1.78. The van der Waals surface area contributed by atoms with Gasteiger partial charge in [0.05, 0.1) is 0 Å². The van der Waals surface area contributed by atoms with Crippen molar-refractivity contribution < 1.29 is 4.79 Å². The average Bonchev–Trinajstić information content (AvgIpc) is 3.41. The van der Waals surface area contributed by atoms with Crippen LogP contribution in [0.15, 0.2) is 53.4 Å². The van der Waals surface area contributed by atoms with Gasteiger partial charge < -0.3 is 0 Å². The summed E-state index contributed by atoms with van der Waals surface area (Å²) in [7, 11) is 0. The zero-order valence-corrected chi connectivity index (χ0v) is 16.2. The molecule has 2 aromatic carbocycles. The van der Waals surface area contributed by atoms with Crippen LogP contribution >= 0.6 is 34.7 Å². The first-order valence-electron chi connectivity index (χ1n) is 8.29. The summed E-state index contributed by atoms with van der Waals surface area (Å²) in [6, 6.07) is 15.4. The van der Waals surface area contributed by atoms with Gasteiger partial charge in [0, 0.05) is 27.2 Å². The highest BCUT2D eigenvalue weighted by Crippen LogP contribution is 2.42. The topological polar surface area (TPSA) is 54.9 Å². The van der Waals surface area contributed by atoms with Crippen LogP contribution in [0, 0.1) is 0 Å². The molecule has 0 saturated heterocycles. The van der Waals surface area contributed by atoms with Gasteiger partial charge in [0.25, 0.3) is 5.91 Å². The molecule has 0 radical (unpaired) electrons. The van der Waals surface area contributed by atoms with Gasteiger partial charge >= 0.3 is 0 Å². The number of benzene rings is 2. The molecule has 0 unspecified atom stereocenters. The van der Waals surface area contributed by atoms with Crippen LogP contribution in [-0.2, 0) is 5.75 Å². The minimum Gasteiger partial charge on any atom is -0.296 e. The summed E-state index contributed by atoms with van der Waals surface area (Å²) < 4.78 is 0. The number of hydrogen-bond acceptors (Lipinski definition) is 5. The van der Waals surface area contributed by atoms with Crippen LogP contribution in [0.5, 0.6) is 0 Å². The number of carbonyl (C=O) groups excluding carboxylic acids is 1. The summed E-state index contributed by atoms with van der Waals surface area (Å²) in [6.07, 6.45) is 2.36. The smallest absolute Gasteiger partial charge is 0.257 e. The first kappa shape index (κ1) is 17.5. The van der Waals surface area contributed by atoms with Crippen molar-refractivity contribution in [1.82, 2.24) is 10.2 Å². The van der Waals surface area contributed by atoms with Crippen molar-refractivity contribution in [3.05, 3.63) is 69.7 Å². The van der Waals surface area contributed by atoms with Crippen LogP contribution in [-0.4, -0.2) is 16.1 Å². The second-order valence-electron chi connectivity index (χ2n) is 6.11. The maximum atomic E-state index is 12.3. The van der Waals surface area contributed by atoms with Gasteiger partial charge in [0.2, 0.25) is 5.13 Å². The molecule has 0 spiro atoms. The number of nitrogens with one attached hydrogen (secondary N) is 1. The quantitative estimate of drug-likeness (QED) is 0.545. The lowest BCUT2D eigenvalue weighted by molar-refractivity contribution is 0.102. The zero-order valence-electron chi connectivity index (χ0n) is 13.8. The molecule has 0 atom stereocenters. The molecule has 1 aliphatic rings. The molecule has 0 aliphatic heterocycles. The van der Waals surface area contributed by atoms with Crippen molar-refractivity contribution in [1.29, 1.82) is 0 Å². The first-order chi connectivity index (χ1) is 12.7. The van der Waals surface area contributed by atoms with Gasteiger partial charge in [0.15, 0.2) is 0 Å². The molecule has 7 heteroatoms. The van der Waals surface area contributed by atoms with E-state index in [2.05, 4.69) is 15.5 Å². The third-order valence-electron chi connectivity index (χ3n) is 4.02. The Morgan fingerprint density at radius 2 is 1.85 bits per heavy atom. The van der Waals surface area contributed by atoms with Crippen molar-refractivity contribution in [2.45, 2.75) is 29.4 Å². The van der Waals surface area contributed by atoms with E-state index < -0.39 is 0 Å². The largest absolute Gasteiger partial charge is 0.296 e. The fourth-order valence-electron chi connectivity index (χ4n) is 2.40. The molecule has 1 saturated carbocycles. The molecular formula is C19H16ClN3OS2. The highest BCUT2D eigenvalue weighted by molar-refractivity contribution is 7.98. The van der Waals surface area contributed by atoms with Crippen molar-refractivity contribution in [3.63, 3.8) is 0 Å². The number of amides is 1. The minimum absolute atomic E-state index is 0.152. The molecule has 1 aromatic heterocycles. The van der Waals surface area contributed by atoms with Gasteiger partial charge in [-0.3, -0.25) is 10.1 Å². The van der Waals surface area contributed by atoms with Crippen LogP contribution in [0.1, 0.15) is 39.7 Å². The Labute approximate surface area is 165 Å². The molecule has 1 aliphatic carbocycles. The minimum atomic E-state index is -0.152. The normalized spacial score (nSPS) is 13.6. The van der Waals surface area contributed by atoms with Gasteiger partial charge in [-0.1, -0.05) is 35.1 Å². The average molecular weight is 402 g/mol. The molecule has 4 nitrogen and oxygen atoms in total. The standard InChI is InChI=1S/C19H16ClN3OS2/c20-15-7-9-16(10-8-15)25-11-12-1-3-13(4-2-12)17(24)21-19-23-22-18(26-19)14-5-6-14/h1-4,7-10,14H,5-6,11H2,(H,21,23,24). The van der Waals surface area contributed by atoms with E-state index in [-0.39, 0.29) is 5.91 Å². The Morgan fingerprint density at radius 3 is 2.54 bits per heavy atom. The molecule has 1 heterocycles. The lowest BCUT2D eigenvalue weighted by atomic mass is 10.1. The second kappa shape index (κ2) is 7.78. The maximum absolute atomic E-state index is 12.3. The SMILES string of the molecule is O=C(Nc1nnc(C2CC2)s1)c1ccc(CSc2ccc(Cl)cc2)cc1. The fraction of sp³-hybridized carbons (Fsp3) is 0.211. The highest BCUT2D eigenvalue weighted by Gasteiger charge is 2.27. The Balaban J connectivity index is 1.33. The van der Waals surface area contributed by atoms with Gasteiger partial charge in [-0.15, -0.1) is 22.0 Å². The number of aromatic nitrogens is 2. The molecule has 1 N–H and O–H groups in total. The maximum Gasteiger partial charge on any atom is 0.257 e. The molecule has 26 heavy (non-hydrogen) atoms. The van der Waals surface area contributed by atoms with Gasteiger partial charge in [-0.05, 0) is 54.8 Å². The van der Waals surface area contributed by atoms with Gasteiger partial charge in [0.1, 0.15) is 5.01 Å². The van der Waals surface area contributed by atoms with E-state index in [9.17, 15) is 4.79 Å². The zero-order chi connectivity index (χ0) is 17.9. The van der Waals surface area contributed by atoms with E-state index >= 15 is 0 Å². The highest BCUT2D eigenvalue weighted by atomic mass is 35.5. The monoisotopic (exact) mass is 401 g/mol. The molecule has 132 valence electrons. The van der Waals surface area contributed by atoms with Crippen molar-refractivity contribution >= 4 is 45.7 Å². The van der Waals surface area contributed by atoms with Crippen LogP contribution in [0.25, 0.3) is 0 Å². The summed E-state index contributed by atoms with van der Waals surface area (Å²) >= 11 is 9.10. The number of anilines is 1. The van der Waals surface area contributed by atoms with Crippen LogP contribution in [0.4, 0.5) is 5.13 Å². The Hall–Kier alpha value is -1.89.